The van der Waals surface area contributed by atoms with Crippen LogP contribution in [0.4, 0.5) is 16.6 Å². The first-order valence-corrected chi connectivity index (χ1v) is 8.54. The van der Waals surface area contributed by atoms with Crippen LogP contribution in [0.2, 0.25) is 0 Å². The Kier molecular flexibility index (Phi) is 4.87. The Morgan fingerprint density at radius 3 is 2.84 bits per heavy atom. The van der Waals surface area contributed by atoms with E-state index in [4.69, 9.17) is 0 Å². The van der Waals surface area contributed by atoms with Crippen LogP contribution in [0.3, 0.4) is 0 Å². The molecule has 0 saturated heterocycles. The number of urea groups is 1. The standard InChI is InChI=1S/C17H25N7O/c1-11-9-14(21-16(20-11)23(3)4)10-18-17(25)22-15-7-8-19-24(15)12(2)13-5-6-13/h7-9,12-13H,5-6,10H2,1-4H3,(H2,18,22,25)/t12-/m0/s1. The van der Waals surface area contributed by atoms with Gasteiger partial charge < -0.3 is 10.2 Å². The van der Waals surface area contributed by atoms with Gasteiger partial charge in [-0.05, 0) is 38.7 Å². The van der Waals surface area contributed by atoms with Crippen LogP contribution in [0.25, 0.3) is 0 Å². The summed E-state index contributed by atoms with van der Waals surface area (Å²) in [5, 5.41) is 10.1. The number of nitrogens with zero attached hydrogens (tertiary/aromatic N) is 5. The average Bonchev–Trinajstić information content (AvgIpc) is 3.32. The van der Waals surface area contributed by atoms with Crippen LogP contribution in [-0.4, -0.2) is 39.9 Å². The monoisotopic (exact) mass is 343 g/mol. The van der Waals surface area contributed by atoms with Gasteiger partial charge in [0.1, 0.15) is 5.82 Å². The minimum atomic E-state index is -0.271. The molecule has 0 unspecified atom stereocenters. The zero-order valence-electron chi connectivity index (χ0n) is 15.2. The number of carbonyl (C=O) groups is 1. The summed E-state index contributed by atoms with van der Waals surface area (Å²) < 4.78 is 1.89. The van der Waals surface area contributed by atoms with Crippen LogP contribution in [0.1, 0.15) is 37.2 Å². The van der Waals surface area contributed by atoms with E-state index in [2.05, 4.69) is 32.6 Å². The van der Waals surface area contributed by atoms with Gasteiger partial charge in [-0.2, -0.15) is 5.10 Å². The van der Waals surface area contributed by atoms with Crippen molar-refractivity contribution in [2.24, 2.45) is 5.92 Å². The number of hydrogen-bond donors (Lipinski definition) is 2. The van der Waals surface area contributed by atoms with E-state index in [-0.39, 0.29) is 6.03 Å². The quantitative estimate of drug-likeness (QED) is 0.840. The predicted molar refractivity (Wildman–Crippen MR) is 96.6 cm³/mol. The summed E-state index contributed by atoms with van der Waals surface area (Å²) in [6.07, 6.45) is 4.17. The van der Waals surface area contributed by atoms with Crippen molar-refractivity contribution >= 4 is 17.8 Å². The Morgan fingerprint density at radius 2 is 2.16 bits per heavy atom. The third-order valence-electron chi connectivity index (χ3n) is 4.33. The molecule has 0 spiro atoms. The first-order valence-electron chi connectivity index (χ1n) is 8.54. The molecule has 2 aromatic rings. The molecule has 1 fully saturated rings. The Morgan fingerprint density at radius 1 is 1.40 bits per heavy atom. The molecule has 2 N–H and O–H groups in total. The van der Waals surface area contributed by atoms with Gasteiger partial charge in [-0.1, -0.05) is 0 Å². The highest BCUT2D eigenvalue weighted by Crippen LogP contribution is 2.40. The van der Waals surface area contributed by atoms with E-state index >= 15 is 0 Å². The van der Waals surface area contributed by atoms with Crippen molar-refractivity contribution < 1.29 is 4.79 Å². The van der Waals surface area contributed by atoms with Gasteiger partial charge in [-0.15, -0.1) is 0 Å². The maximum Gasteiger partial charge on any atom is 0.320 e. The molecule has 3 rings (SSSR count). The maximum atomic E-state index is 12.2. The maximum absolute atomic E-state index is 12.2. The number of aryl methyl sites for hydroxylation is 1. The molecular weight excluding hydrogens is 318 g/mol. The van der Waals surface area contributed by atoms with E-state index in [9.17, 15) is 4.79 Å². The predicted octanol–water partition coefficient (Wildman–Crippen LogP) is 2.34. The number of amides is 2. The molecule has 0 aromatic carbocycles. The Bertz CT molecular complexity index is 751. The van der Waals surface area contributed by atoms with Gasteiger partial charge in [0.25, 0.3) is 0 Å². The Labute approximate surface area is 147 Å². The lowest BCUT2D eigenvalue weighted by molar-refractivity contribution is 0.251. The van der Waals surface area contributed by atoms with Gasteiger partial charge >= 0.3 is 6.03 Å². The number of rotatable bonds is 6. The fraction of sp³-hybridized carbons (Fsp3) is 0.529. The smallest absolute Gasteiger partial charge is 0.320 e. The van der Waals surface area contributed by atoms with Gasteiger partial charge in [-0.3, -0.25) is 5.32 Å². The summed E-state index contributed by atoms with van der Waals surface area (Å²) in [7, 11) is 3.78. The molecule has 1 aliphatic rings. The van der Waals surface area contributed by atoms with Crippen molar-refractivity contribution in [2.75, 3.05) is 24.3 Å². The summed E-state index contributed by atoms with van der Waals surface area (Å²) in [6, 6.07) is 3.72. The Balaban J connectivity index is 1.59. The molecule has 25 heavy (non-hydrogen) atoms. The third-order valence-corrected chi connectivity index (χ3v) is 4.33. The van der Waals surface area contributed by atoms with Crippen LogP contribution in [0, 0.1) is 12.8 Å². The summed E-state index contributed by atoms with van der Waals surface area (Å²) in [4.78, 5) is 22.9. The van der Waals surface area contributed by atoms with Crippen LogP contribution in [0.15, 0.2) is 18.3 Å². The fourth-order valence-corrected chi connectivity index (χ4v) is 2.75. The molecule has 1 saturated carbocycles. The van der Waals surface area contributed by atoms with Crippen LogP contribution >= 0.6 is 0 Å². The molecular formula is C17H25N7O. The Hall–Kier alpha value is -2.64. The minimum Gasteiger partial charge on any atom is -0.347 e. The van der Waals surface area contributed by atoms with E-state index in [0.29, 0.717) is 30.3 Å². The van der Waals surface area contributed by atoms with Crippen molar-refractivity contribution in [2.45, 2.75) is 39.3 Å². The average molecular weight is 343 g/mol. The molecule has 134 valence electrons. The van der Waals surface area contributed by atoms with Gasteiger partial charge in [0.2, 0.25) is 5.95 Å². The second-order valence-electron chi connectivity index (χ2n) is 6.74. The van der Waals surface area contributed by atoms with Gasteiger partial charge in [-0.25, -0.2) is 19.4 Å². The molecule has 0 aliphatic heterocycles. The van der Waals surface area contributed by atoms with E-state index < -0.39 is 0 Å². The summed E-state index contributed by atoms with van der Waals surface area (Å²) >= 11 is 0. The molecule has 8 heteroatoms. The third kappa shape index (κ3) is 4.26. The molecule has 0 bridgehead atoms. The second kappa shape index (κ2) is 7.08. The zero-order valence-corrected chi connectivity index (χ0v) is 15.2. The topological polar surface area (TPSA) is 88.0 Å². The van der Waals surface area contributed by atoms with Crippen molar-refractivity contribution in [3.05, 3.63) is 29.7 Å². The van der Waals surface area contributed by atoms with E-state index in [1.165, 1.54) is 12.8 Å². The normalized spacial score (nSPS) is 14.9. The van der Waals surface area contributed by atoms with Gasteiger partial charge in [0.15, 0.2) is 0 Å². The lowest BCUT2D eigenvalue weighted by Crippen LogP contribution is -2.30. The highest BCUT2D eigenvalue weighted by atomic mass is 16.2. The lowest BCUT2D eigenvalue weighted by atomic mass is 10.2. The van der Waals surface area contributed by atoms with Crippen molar-refractivity contribution in [1.29, 1.82) is 0 Å². The van der Waals surface area contributed by atoms with Crippen molar-refractivity contribution in [1.82, 2.24) is 25.1 Å². The van der Waals surface area contributed by atoms with E-state index in [1.54, 1.807) is 6.20 Å². The lowest BCUT2D eigenvalue weighted by Gasteiger charge is -2.16. The van der Waals surface area contributed by atoms with Gasteiger partial charge in [0.05, 0.1) is 24.5 Å². The highest BCUT2D eigenvalue weighted by Gasteiger charge is 2.30. The van der Waals surface area contributed by atoms with Crippen LogP contribution in [0.5, 0.6) is 0 Å². The molecule has 1 atom stereocenters. The largest absolute Gasteiger partial charge is 0.347 e. The van der Waals surface area contributed by atoms with E-state index in [1.807, 2.05) is 42.7 Å². The molecule has 2 amide bonds. The zero-order chi connectivity index (χ0) is 18.0. The van der Waals surface area contributed by atoms with E-state index in [0.717, 1.165) is 11.4 Å². The van der Waals surface area contributed by atoms with Crippen molar-refractivity contribution in [3.8, 4) is 0 Å². The summed E-state index contributed by atoms with van der Waals surface area (Å²) in [5.41, 5.74) is 1.64. The minimum absolute atomic E-state index is 0.271. The molecule has 8 nitrogen and oxygen atoms in total. The number of anilines is 2. The molecule has 2 aromatic heterocycles. The van der Waals surface area contributed by atoms with Gasteiger partial charge in [0, 0.05) is 25.9 Å². The summed E-state index contributed by atoms with van der Waals surface area (Å²) in [5.74, 6) is 2.01. The van der Waals surface area contributed by atoms with Crippen molar-refractivity contribution in [3.63, 3.8) is 0 Å². The van der Waals surface area contributed by atoms with Crippen LogP contribution < -0.4 is 15.5 Å². The summed E-state index contributed by atoms with van der Waals surface area (Å²) in [6.45, 7) is 4.39. The number of hydrogen-bond acceptors (Lipinski definition) is 5. The second-order valence-corrected chi connectivity index (χ2v) is 6.74. The van der Waals surface area contributed by atoms with Crippen LogP contribution in [-0.2, 0) is 6.54 Å². The molecule has 2 heterocycles. The SMILES string of the molecule is Cc1cc(CNC(=O)Nc2ccnn2[C@@H](C)C2CC2)nc(N(C)C)n1. The highest BCUT2D eigenvalue weighted by molar-refractivity contribution is 5.88. The first kappa shape index (κ1) is 17.2. The molecule has 1 aliphatic carbocycles. The number of carbonyl (C=O) groups excluding carboxylic acids is 1. The number of aromatic nitrogens is 4. The fourth-order valence-electron chi connectivity index (χ4n) is 2.75. The first-order chi connectivity index (χ1) is 11.9. The number of nitrogens with one attached hydrogen (secondary N) is 2. The molecule has 0 radical (unpaired) electrons.